The Morgan fingerprint density at radius 1 is 0.641 bits per heavy atom. The number of benzene rings is 4. The zero-order valence-corrected chi connectivity index (χ0v) is 21.8. The van der Waals surface area contributed by atoms with Crippen LogP contribution in [0.25, 0.3) is 0 Å². The normalized spacial score (nSPS) is 11.7. The predicted octanol–water partition coefficient (Wildman–Crippen LogP) is 5.04. The third kappa shape index (κ3) is 8.44. The topological polar surface area (TPSA) is 108 Å². The fraction of sp³-hybridized carbons (Fsp3) is 0.133. The number of alkyl carbamates (subject to hydrolysis) is 1. The lowest BCUT2D eigenvalue weighted by Gasteiger charge is -2.18. The van der Waals surface area contributed by atoms with Gasteiger partial charge in [0, 0.05) is 6.42 Å². The molecule has 0 bridgehead atoms. The summed E-state index contributed by atoms with van der Waals surface area (Å²) >= 11 is 0. The minimum Gasteiger partial charge on any atom is -0.459 e. The second-order valence-electron chi connectivity index (χ2n) is 8.55. The van der Waals surface area contributed by atoms with E-state index in [9.17, 15) is 18.0 Å². The molecule has 0 aliphatic heterocycles. The first-order valence-corrected chi connectivity index (χ1v) is 13.6. The number of rotatable bonds is 11. The lowest BCUT2D eigenvalue weighted by Crippen LogP contribution is -2.43. The Hall–Kier alpha value is -4.63. The molecule has 1 atom stereocenters. The van der Waals surface area contributed by atoms with Gasteiger partial charge in [-0.25, -0.2) is 9.59 Å². The summed E-state index contributed by atoms with van der Waals surface area (Å²) in [6.07, 6.45) is -0.686. The van der Waals surface area contributed by atoms with Gasteiger partial charge in [-0.3, -0.25) is 0 Å². The summed E-state index contributed by atoms with van der Waals surface area (Å²) in [4.78, 5) is 25.5. The van der Waals surface area contributed by atoms with Crippen LogP contribution in [-0.2, 0) is 44.0 Å². The maximum atomic E-state index is 12.9. The Labute approximate surface area is 227 Å². The molecule has 4 rings (SSSR count). The van der Waals surface area contributed by atoms with Gasteiger partial charge in [0.2, 0.25) is 0 Å². The minimum absolute atomic E-state index is 0.0357. The summed E-state index contributed by atoms with van der Waals surface area (Å²) in [6, 6.07) is 31.3. The van der Waals surface area contributed by atoms with Crippen molar-refractivity contribution in [3.63, 3.8) is 0 Å². The minimum atomic E-state index is -3.99. The first-order chi connectivity index (χ1) is 18.9. The van der Waals surface area contributed by atoms with Crippen LogP contribution >= 0.6 is 0 Å². The van der Waals surface area contributed by atoms with Gasteiger partial charge in [0.25, 0.3) is 0 Å². The van der Waals surface area contributed by atoms with Crippen molar-refractivity contribution in [2.75, 3.05) is 0 Å². The molecule has 39 heavy (non-hydrogen) atoms. The van der Waals surface area contributed by atoms with Crippen LogP contribution in [0.15, 0.2) is 120 Å². The highest BCUT2D eigenvalue weighted by Crippen LogP contribution is 2.20. The van der Waals surface area contributed by atoms with Crippen LogP contribution in [0.2, 0.25) is 0 Å². The number of carbonyl (C=O) groups excluding carboxylic acids is 2. The lowest BCUT2D eigenvalue weighted by molar-refractivity contribution is -0.147. The molecule has 4 aromatic carbocycles. The lowest BCUT2D eigenvalue weighted by atomic mass is 10.1. The van der Waals surface area contributed by atoms with Gasteiger partial charge in [0.1, 0.15) is 29.9 Å². The number of carbonyl (C=O) groups is 2. The number of nitrogens with one attached hydrogen (secondary N) is 1. The molecule has 0 aromatic heterocycles. The molecule has 9 heteroatoms. The molecule has 0 heterocycles. The molecule has 0 saturated carbocycles. The van der Waals surface area contributed by atoms with Crippen LogP contribution in [0, 0.1) is 0 Å². The molecule has 1 N–H and O–H groups in total. The first-order valence-electron chi connectivity index (χ1n) is 12.2. The quantitative estimate of drug-likeness (QED) is 0.208. The molecular weight excluding hydrogens is 518 g/mol. The van der Waals surface area contributed by atoms with Crippen molar-refractivity contribution < 1.29 is 31.7 Å². The highest BCUT2D eigenvalue weighted by Gasteiger charge is 2.24. The van der Waals surface area contributed by atoms with E-state index in [0.29, 0.717) is 5.56 Å². The van der Waals surface area contributed by atoms with Gasteiger partial charge in [-0.05, 0) is 41.0 Å². The summed E-state index contributed by atoms with van der Waals surface area (Å²) in [7, 11) is -3.99. The summed E-state index contributed by atoms with van der Waals surface area (Å²) in [6.45, 7) is 0.0847. The smallest absolute Gasteiger partial charge is 0.408 e. The van der Waals surface area contributed by atoms with Gasteiger partial charge in [-0.1, -0.05) is 91.0 Å². The first kappa shape index (κ1) is 27.4. The van der Waals surface area contributed by atoms with Gasteiger partial charge < -0.3 is 19.0 Å². The van der Waals surface area contributed by atoms with Crippen molar-refractivity contribution in [3.05, 3.63) is 132 Å². The number of amides is 1. The molecule has 200 valence electrons. The number of ether oxygens (including phenoxy) is 2. The van der Waals surface area contributed by atoms with E-state index in [2.05, 4.69) is 5.32 Å². The van der Waals surface area contributed by atoms with Crippen LogP contribution < -0.4 is 9.50 Å². The number of hydrogen-bond donors (Lipinski definition) is 1. The maximum absolute atomic E-state index is 12.9. The molecule has 0 spiro atoms. The molecule has 0 aliphatic carbocycles. The summed E-state index contributed by atoms with van der Waals surface area (Å²) in [5, 5.41) is 2.58. The van der Waals surface area contributed by atoms with Crippen molar-refractivity contribution in [1.82, 2.24) is 5.32 Å². The van der Waals surface area contributed by atoms with Crippen molar-refractivity contribution in [2.45, 2.75) is 30.6 Å². The van der Waals surface area contributed by atoms with Crippen molar-refractivity contribution in [3.8, 4) is 5.75 Å². The highest BCUT2D eigenvalue weighted by atomic mass is 32.2. The van der Waals surface area contributed by atoms with E-state index in [1.54, 1.807) is 30.3 Å². The Kier molecular flexibility index (Phi) is 9.31. The largest absolute Gasteiger partial charge is 0.459 e. The molecule has 0 fully saturated rings. The number of esters is 1. The molecule has 8 nitrogen and oxygen atoms in total. The SMILES string of the molecule is O=C(N[C@@H](Cc1ccc(OS(=O)(=O)c2ccccc2)cc1)C(=O)OCc1ccccc1)OCc1ccccc1. The average Bonchev–Trinajstić information content (AvgIpc) is 2.97. The Morgan fingerprint density at radius 3 is 1.72 bits per heavy atom. The third-order valence-electron chi connectivity index (χ3n) is 5.61. The Morgan fingerprint density at radius 2 is 1.15 bits per heavy atom. The van der Waals surface area contributed by atoms with E-state index in [1.807, 2.05) is 60.7 Å². The summed E-state index contributed by atoms with van der Waals surface area (Å²) < 4.78 is 40.9. The van der Waals surface area contributed by atoms with Gasteiger partial charge >= 0.3 is 22.2 Å². The monoisotopic (exact) mass is 545 g/mol. The third-order valence-corrected chi connectivity index (χ3v) is 6.88. The van der Waals surface area contributed by atoms with Crippen LogP contribution in [0.5, 0.6) is 5.75 Å². The van der Waals surface area contributed by atoms with Crippen molar-refractivity contribution in [1.29, 1.82) is 0 Å². The fourth-order valence-corrected chi connectivity index (χ4v) is 4.56. The van der Waals surface area contributed by atoms with Gasteiger partial charge in [0.15, 0.2) is 0 Å². The second kappa shape index (κ2) is 13.3. The molecule has 0 unspecified atom stereocenters. The van der Waals surface area contributed by atoms with Gasteiger partial charge in [-0.2, -0.15) is 8.42 Å². The van der Waals surface area contributed by atoms with Crippen LogP contribution in [0.4, 0.5) is 4.79 Å². The van der Waals surface area contributed by atoms with Gasteiger partial charge in [-0.15, -0.1) is 0 Å². The zero-order chi connectivity index (χ0) is 27.5. The van der Waals surface area contributed by atoms with Crippen LogP contribution in [-0.4, -0.2) is 26.5 Å². The summed E-state index contributed by atoms with van der Waals surface area (Å²) in [5.41, 5.74) is 2.25. The molecule has 1 amide bonds. The van der Waals surface area contributed by atoms with E-state index in [0.717, 1.165) is 11.1 Å². The highest BCUT2D eigenvalue weighted by molar-refractivity contribution is 7.87. The van der Waals surface area contributed by atoms with E-state index >= 15 is 0 Å². The van der Waals surface area contributed by atoms with Crippen LogP contribution in [0.1, 0.15) is 16.7 Å². The molecule has 0 aliphatic rings. The number of hydrogen-bond acceptors (Lipinski definition) is 7. The van der Waals surface area contributed by atoms with Crippen molar-refractivity contribution >= 4 is 22.2 Å². The van der Waals surface area contributed by atoms with E-state index in [4.69, 9.17) is 13.7 Å². The summed E-state index contributed by atoms with van der Waals surface area (Å²) in [5.74, 6) is -0.525. The average molecular weight is 546 g/mol. The van der Waals surface area contributed by atoms with Crippen LogP contribution in [0.3, 0.4) is 0 Å². The zero-order valence-electron chi connectivity index (χ0n) is 20.9. The molecule has 0 radical (unpaired) electrons. The van der Waals surface area contributed by atoms with E-state index < -0.39 is 28.2 Å². The standard InChI is InChI=1S/C30H27NO7S/c32-29(36-21-24-10-4-1-5-11-24)28(31-30(33)37-22-25-12-6-2-7-13-25)20-23-16-18-26(19-17-23)38-39(34,35)27-14-8-3-9-15-27/h1-19,28H,20-22H2,(H,31,33)/t28-/m0/s1. The van der Waals surface area contributed by atoms with E-state index in [1.165, 1.54) is 24.3 Å². The van der Waals surface area contributed by atoms with Gasteiger partial charge in [0.05, 0.1) is 0 Å². The Balaban J connectivity index is 1.42. The van der Waals surface area contributed by atoms with E-state index in [-0.39, 0.29) is 30.3 Å². The second-order valence-corrected chi connectivity index (χ2v) is 10.1. The fourth-order valence-electron chi connectivity index (χ4n) is 3.61. The predicted molar refractivity (Wildman–Crippen MR) is 144 cm³/mol. The Bertz CT molecular complexity index is 1460. The maximum Gasteiger partial charge on any atom is 0.408 e. The molecule has 4 aromatic rings. The molecular formula is C30H27NO7S. The molecule has 0 saturated heterocycles. The van der Waals surface area contributed by atoms with Crippen molar-refractivity contribution in [2.24, 2.45) is 0 Å².